The summed E-state index contributed by atoms with van der Waals surface area (Å²) < 4.78 is 0. The molecule has 126 valence electrons. The first-order chi connectivity index (χ1) is 11.8. The van der Waals surface area contributed by atoms with E-state index in [-0.39, 0.29) is 12.1 Å². The number of aromatic nitrogens is 3. The van der Waals surface area contributed by atoms with Crippen LogP contribution in [0.5, 0.6) is 0 Å². The van der Waals surface area contributed by atoms with Crippen molar-refractivity contribution in [3.05, 3.63) is 24.4 Å². The molecule has 0 bridgehead atoms. The van der Waals surface area contributed by atoms with Gasteiger partial charge in [-0.3, -0.25) is 15.2 Å². The maximum absolute atomic E-state index is 12.3. The summed E-state index contributed by atoms with van der Waals surface area (Å²) >= 11 is 1.33. The van der Waals surface area contributed by atoms with Crippen molar-refractivity contribution in [1.82, 2.24) is 25.4 Å². The average molecular weight is 344 g/mol. The molecule has 24 heavy (non-hydrogen) atoms. The van der Waals surface area contributed by atoms with Gasteiger partial charge in [-0.2, -0.15) is 0 Å². The van der Waals surface area contributed by atoms with Crippen LogP contribution in [0, 0.1) is 0 Å². The molecule has 2 N–H and O–H groups in total. The summed E-state index contributed by atoms with van der Waals surface area (Å²) in [5, 5.41) is 15.2. The normalized spacial score (nSPS) is 23.7. The molecular formula is C16H20N6OS. The van der Waals surface area contributed by atoms with Crippen molar-refractivity contribution in [2.75, 3.05) is 18.4 Å². The van der Waals surface area contributed by atoms with E-state index in [1.54, 1.807) is 6.20 Å². The number of carbonyl (C=O) groups excluding carboxylic acids is 1. The van der Waals surface area contributed by atoms with Gasteiger partial charge in [-0.25, -0.2) is 4.79 Å². The van der Waals surface area contributed by atoms with Crippen LogP contribution in [0.2, 0.25) is 0 Å². The predicted octanol–water partition coefficient (Wildman–Crippen LogP) is 2.35. The maximum Gasteiger partial charge on any atom is 0.321 e. The highest BCUT2D eigenvalue weighted by Gasteiger charge is 2.36. The zero-order valence-electron chi connectivity index (χ0n) is 13.3. The maximum atomic E-state index is 12.3. The number of anilines is 1. The second-order valence-corrected chi connectivity index (χ2v) is 7.20. The van der Waals surface area contributed by atoms with Crippen molar-refractivity contribution in [2.24, 2.45) is 0 Å². The van der Waals surface area contributed by atoms with E-state index in [2.05, 4.69) is 30.7 Å². The van der Waals surface area contributed by atoms with Crippen LogP contribution in [-0.4, -0.2) is 51.3 Å². The van der Waals surface area contributed by atoms with Crippen LogP contribution in [0.1, 0.15) is 25.7 Å². The summed E-state index contributed by atoms with van der Waals surface area (Å²) in [5.74, 6) is 0. The second kappa shape index (κ2) is 6.82. The van der Waals surface area contributed by atoms with Gasteiger partial charge in [0.1, 0.15) is 5.69 Å². The van der Waals surface area contributed by atoms with Gasteiger partial charge in [-0.15, -0.1) is 10.2 Å². The molecule has 0 radical (unpaired) electrons. The Bertz CT molecular complexity index is 706. The summed E-state index contributed by atoms with van der Waals surface area (Å²) in [6.45, 7) is 2.24. The van der Waals surface area contributed by atoms with Gasteiger partial charge in [0.05, 0.1) is 0 Å². The van der Waals surface area contributed by atoms with Gasteiger partial charge in [-0.05, 0) is 37.9 Å². The van der Waals surface area contributed by atoms with Crippen molar-refractivity contribution >= 4 is 22.5 Å². The number of hydrogen-bond acceptors (Lipinski definition) is 6. The van der Waals surface area contributed by atoms with E-state index in [1.165, 1.54) is 30.6 Å². The lowest BCUT2D eigenvalue weighted by molar-refractivity contribution is 0.180. The monoisotopic (exact) mass is 344 g/mol. The third-order valence-corrected chi connectivity index (χ3v) is 5.56. The Morgan fingerprint density at radius 1 is 1.21 bits per heavy atom. The van der Waals surface area contributed by atoms with Gasteiger partial charge in [0.2, 0.25) is 5.13 Å². The molecule has 0 spiro atoms. The Labute approximate surface area is 144 Å². The van der Waals surface area contributed by atoms with Crippen LogP contribution < -0.4 is 10.6 Å². The summed E-state index contributed by atoms with van der Waals surface area (Å²) in [4.78, 5) is 19.0. The third kappa shape index (κ3) is 3.25. The first-order valence-corrected chi connectivity index (χ1v) is 9.18. The summed E-state index contributed by atoms with van der Waals surface area (Å²) in [5.41, 5.74) is 0.761. The second-order valence-electron chi connectivity index (χ2n) is 6.22. The minimum atomic E-state index is -0.198. The molecule has 8 heteroatoms. The van der Waals surface area contributed by atoms with Crippen LogP contribution in [0.15, 0.2) is 24.4 Å². The lowest BCUT2D eigenvalue weighted by Gasteiger charge is -2.32. The van der Waals surface area contributed by atoms with Crippen molar-refractivity contribution in [3.8, 4) is 10.7 Å². The van der Waals surface area contributed by atoms with E-state index >= 15 is 0 Å². The first kappa shape index (κ1) is 15.5. The van der Waals surface area contributed by atoms with Gasteiger partial charge < -0.3 is 5.32 Å². The largest absolute Gasteiger partial charge is 0.333 e. The van der Waals surface area contributed by atoms with Gasteiger partial charge in [-0.1, -0.05) is 23.8 Å². The van der Waals surface area contributed by atoms with Gasteiger partial charge in [0, 0.05) is 24.8 Å². The van der Waals surface area contributed by atoms with Gasteiger partial charge >= 0.3 is 6.03 Å². The number of carbonyl (C=O) groups is 1. The van der Waals surface area contributed by atoms with E-state index in [0.717, 1.165) is 25.2 Å². The fourth-order valence-electron chi connectivity index (χ4n) is 3.58. The van der Waals surface area contributed by atoms with E-state index in [9.17, 15) is 4.79 Å². The Morgan fingerprint density at radius 2 is 2.17 bits per heavy atom. The molecule has 2 fully saturated rings. The fraction of sp³-hybridized carbons (Fsp3) is 0.500. The molecule has 7 nitrogen and oxygen atoms in total. The zero-order valence-corrected chi connectivity index (χ0v) is 14.1. The van der Waals surface area contributed by atoms with Crippen LogP contribution in [0.25, 0.3) is 10.7 Å². The molecule has 2 aliphatic rings. The molecule has 2 aromatic rings. The molecule has 4 rings (SSSR count). The Morgan fingerprint density at radius 3 is 3.04 bits per heavy atom. The molecule has 2 aromatic heterocycles. The predicted molar refractivity (Wildman–Crippen MR) is 92.9 cm³/mol. The minimum absolute atomic E-state index is 0.198. The topological polar surface area (TPSA) is 83.0 Å². The smallest absolute Gasteiger partial charge is 0.321 e. The standard InChI is InChI=1S/C16H20N6OS/c23-15(18-11-7-10-22-9-4-2-6-13(11)22)19-16-21-20-14(24-16)12-5-1-3-8-17-12/h1,3,5,8,11,13H,2,4,6-7,9-10H2,(H2,18,19,21,23)/t11-,13+/m0/s1. The molecule has 2 amide bonds. The van der Waals surface area contributed by atoms with E-state index in [4.69, 9.17) is 0 Å². The van der Waals surface area contributed by atoms with Crippen molar-refractivity contribution in [1.29, 1.82) is 0 Å². The summed E-state index contributed by atoms with van der Waals surface area (Å²) in [6, 6.07) is 6.15. The average Bonchev–Trinajstić information content (AvgIpc) is 3.23. The Kier molecular flexibility index (Phi) is 4.40. The van der Waals surface area contributed by atoms with Crippen molar-refractivity contribution < 1.29 is 4.79 Å². The summed E-state index contributed by atoms with van der Waals surface area (Å²) in [6.07, 6.45) is 6.44. The highest BCUT2D eigenvalue weighted by molar-refractivity contribution is 7.18. The molecule has 0 unspecified atom stereocenters. The number of nitrogens with one attached hydrogen (secondary N) is 2. The summed E-state index contributed by atoms with van der Waals surface area (Å²) in [7, 11) is 0. The molecule has 0 saturated carbocycles. The van der Waals surface area contributed by atoms with Gasteiger partial charge in [0.25, 0.3) is 0 Å². The number of urea groups is 1. The number of nitrogens with zero attached hydrogens (tertiary/aromatic N) is 4. The van der Waals surface area contributed by atoms with Crippen LogP contribution >= 0.6 is 11.3 Å². The highest BCUT2D eigenvalue weighted by atomic mass is 32.1. The number of hydrogen-bond donors (Lipinski definition) is 2. The number of rotatable bonds is 3. The van der Waals surface area contributed by atoms with Crippen LogP contribution in [0.3, 0.4) is 0 Å². The van der Waals surface area contributed by atoms with E-state index in [1.807, 2.05) is 18.2 Å². The van der Waals surface area contributed by atoms with E-state index < -0.39 is 0 Å². The molecule has 4 heterocycles. The molecule has 2 aliphatic heterocycles. The zero-order chi connectivity index (χ0) is 16.4. The molecule has 2 saturated heterocycles. The van der Waals surface area contributed by atoms with Crippen LogP contribution in [0.4, 0.5) is 9.93 Å². The molecule has 0 aliphatic carbocycles. The molecular weight excluding hydrogens is 324 g/mol. The van der Waals surface area contributed by atoms with Crippen molar-refractivity contribution in [2.45, 2.75) is 37.8 Å². The first-order valence-electron chi connectivity index (χ1n) is 8.36. The van der Waals surface area contributed by atoms with Crippen molar-refractivity contribution in [3.63, 3.8) is 0 Å². The van der Waals surface area contributed by atoms with Crippen LogP contribution in [-0.2, 0) is 0 Å². The number of fused-ring (bicyclic) bond motifs is 1. The fourth-order valence-corrected chi connectivity index (χ4v) is 4.30. The molecule has 0 aromatic carbocycles. The van der Waals surface area contributed by atoms with E-state index in [0.29, 0.717) is 16.2 Å². The number of amides is 2. The number of pyridine rings is 1. The Balaban J connectivity index is 1.36. The third-order valence-electron chi connectivity index (χ3n) is 4.70. The van der Waals surface area contributed by atoms with Gasteiger partial charge in [0.15, 0.2) is 5.01 Å². The minimum Gasteiger partial charge on any atom is -0.333 e. The molecule has 2 atom stereocenters. The lowest BCUT2D eigenvalue weighted by Crippen LogP contribution is -2.47. The SMILES string of the molecule is O=C(Nc1nnc(-c2ccccn2)s1)N[C@H]1CCN2CCCC[C@H]12. The highest BCUT2D eigenvalue weighted by Crippen LogP contribution is 2.27. The Hall–Kier alpha value is -2.06. The number of piperidine rings is 1. The quantitative estimate of drug-likeness (QED) is 0.893. The lowest BCUT2D eigenvalue weighted by atomic mass is 9.99.